The Morgan fingerprint density at radius 1 is 1.33 bits per heavy atom. The summed E-state index contributed by atoms with van der Waals surface area (Å²) >= 11 is 0. The molecule has 1 aromatic carbocycles. The van der Waals surface area contributed by atoms with Crippen molar-refractivity contribution < 1.29 is 5.11 Å². The number of hydrogen-bond donors (Lipinski definition) is 2. The molecule has 0 saturated heterocycles. The van der Waals surface area contributed by atoms with Gasteiger partial charge in [-0.1, -0.05) is 30.3 Å². The topological polar surface area (TPSA) is 46.2 Å². The summed E-state index contributed by atoms with van der Waals surface area (Å²) < 4.78 is 0. The number of hydrogen-bond acceptors (Lipinski definition) is 2. The van der Waals surface area contributed by atoms with Gasteiger partial charge in [-0.05, 0) is 18.9 Å². The molecule has 3 N–H and O–H groups in total. The average molecular weight is 165 g/mol. The van der Waals surface area contributed by atoms with Crippen molar-refractivity contribution in [2.75, 3.05) is 0 Å². The van der Waals surface area contributed by atoms with Crippen LogP contribution in [0.25, 0.3) is 0 Å². The minimum atomic E-state index is -0.440. The van der Waals surface area contributed by atoms with E-state index in [1.807, 2.05) is 30.3 Å². The highest BCUT2D eigenvalue weighted by Gasteiger charge is 2.08. The molecule has 0 radical (unpaired) electrons. The average Bonchev–Trinajstić information content (AvgIpc) is 2.06. The second-order valence-electron chi connectivity index (χ2n) is 3.09. The molecule has 0 bridgehead atoms. The molecule has 2 heteroatoms. The van der Waals surface area contributed by atoms with Crippen LogP contribution in [-0.2, 0) is 6.42 Å². The van der Waals surface area contributed by atoms with Crippen molar-refractivity contribution in [1.29, 1.82) is 0 Å². The first-order chi connectivity index (χ1) is 5.70. The Bertz CT molecular complexity index is 221. The first-order valence-corrected chi connectivity index (χ1v) is 4.17. The molecule has 1 rings (SSSR count). The lowest BCUT2D eigenvalue weighted by Gasteiger charge is -2.13. The van der Waals surface area contributed by atoms with Crippen molar-refractivity contribution in [3.05, 3.63) is 35.9 Å². The fourth-order valence-electron chi connectivity index (χ4n) is 1.06. The molecule has 0 aliphatic heterocycles. The molecule has 0 saturated carbocycles. The molecule has 1 unspecified atom stereocenters. The van der Waals surface area contributed by atoms with Gasteiger partial charge in [0.2, 0.25) is 0 Å². The fourth-order valence-corrected chi connectivity index (χ4v) is 1.06. The molecule has 2 atom stereocenters. The van der Waals surface area contributed by atoms with E-state index in [1.54, 1.807) is 6.92 Å². The Balaban J connectivity index is 2.53. The van der Waals surface area contributed by atoms with Crippen molar-refractivity contribution in [2.45, 2.75) is 25.5 Å². The van der Waals surface area contributed by atoms with Crippen LogP contribution >= 0.6 is 0 Å². The highest BCUT2D eigenvalue weighted by atomic mass is 16.3. The molecular weight excluding hydrogens is 150 g/mol. The minimum Gasteiger partial charge on any atom is -0.392 e. The molecule has 12 heavy (non-hydrogen) atoms. The van der Waals surface area contributed by atoms with Crippen LogP contribution < -0.4 is 5.73 Å². The zero-order valence-corrected chi connectivity index (χ0v) is 7.27. The van der Waals surface area contributed by atoms with Gasteiger partial charge in [0.25, 0.3) is 0 Å². The maximum atomic E-state index is 9.16. The number of benzene rings is 1. The Morgan fingerprint density at radius 2 is 1.92 bits per heavy atom. The van der Waals surface area contributed by atoms with E-state index in [-0.39, 0.29) is 6.04 Å². The molecular formula is C10H15NO. The molecule has 0 heterocycles. The number of rotatable bonds is 3. The van der Waals surface area contributed by atoms with Gasteiger partial charge in [-0.15, -0.1) is 0 Å². The molecule has 66 valence electrons. The zero-order valence-electron chi connectivity index (χ0n) is 7.27. The summed E-state index contributed by atoms with van der Waals surface area (Å²) in [5.74, 6) is 0. The molecule has 0 amide bonds. The second-order valence-corrected chi connectivity index (χ2v) is 3.09. The first-order valence-electron chi connectivity index (χ1n) is 4.17. The second kappa shape index (κ2) is 4.24. The van der Waals surface area contributed by atoms with Crippen LogP contribution in [0.1, 0.15) is 12.5 Å². The quantitative estimate of drug-likeness (QED) is 0.700. The summed E-state index contributed by atoms with van der Waals surface area (Å²) in [5, 5.41) is 9.16. The standard InChI is InChI=1S/C10H15NO/c1-8(12)10(11)7-9-5-3-2-4-6-9/h2-6,8,10,12H,7,11H2,1H3/t8?,10-/m1/s1. The lowest BCUT2D eigenvalue weighted by Crippen LogP contribution is -2.34. The van der Waals surface area contributed by atoms with Crippen LogP contribution in [0, 0.1) is 0 Å². The highest BCUT2D eigenvalue weighted by molar-refractivity contribution is 5.15. The van der Waals surface area contributed by atoms with Crippen molar-refractivity contribution >= 4 is 0 Å². The van der Waals surface area contributed by atoms with Gasteiger partial charge in [-0.3, -0.25) is 0 Å². The van der Waals surface area contributed by atoms with E-state index in [9.17, 15) is 0 Å². The largest absolute Gasteiger partial charge is 0.392 e. The highest BCUT2D eigenvalue weighted by Crippen LogP contribution is 2.03. The zero-order chi connectivity index (χ0) is 8.97. The number of aliphatic hydroxyl groups excluding tert-OH is 1. The van der Waals surface area contributed by atoms with Crippen LogP contribution in [0.2, 0.25) is 0 Å². The maximum Gasteiger partial charge on any atom is 0.0666 e. The summed E-state index contributed by atoms with van der Waals surface area (Å²) in [6, 6.07) is 9.79. The van der Waals surface area contributed by atoms with Crippen molar-refractivity contribution in [3.8, 4) is 0 Å². The lowest BCUT2D eigenvalue weighted by molar-refractivity contribution is 0.163. The Kier molecular flexibility index (Phi) is 3.26. The summed E-state index contributed by atoms with van der Waals surface area (Å²) in [5.41, 5.74) is 6.87. The summed E-state index contributed by atoms with van der Waals surface area (Å²) in [7, 11) is 0. The Hall–Kier alpha value is -0.860. The molecule has 0 aromatic heterocycles. The smallest absolute Gasteiger partial charge is 0.0666 e. The van der Waals surface area contributed by atoms with E-state index in [2.05, 4.69) is 0 Å². The number of nitrogens with two attached hydrogens (primary N) is 1. The van der Waals surface area contributed by atoms with Crippen molar-refractivity contribution in [1.82, 2.24) is 0 Å². The van der Waals surface area contributed by atoms with Gasteiger partial charge in [0.1, 0.15) is 0 Å². The van der Waals surface area contributed by atoms with Gasteiger partial charge < -0.3 is 10.8 Å². The van der Waals surface area contributed by atoms with Crippen LogP contribution in [0.15, 0.2) is 30.3 Å². The van der Waals surface area contributed by atoms with Gasteiger partial charge in [0.15, 0.2) is 0 Å². The minimum absolute atomic E-state index is 0.160. The Labute approximate surface area is 73.0 Å². The third-order valence-electron chi connectivity index (χ3n) is 1.93. The van der Waals surface area contributed by atoms with Gasteiger partial charge >= 0.3 is 0 Å². The maximum absolute atomic E-state index is 9.16. The van der Waals surface area contributed by atoms with Crippen molar-refractivity contribution in [2.24, 2.45) is 5.73 Å². The van der Waals surface area contributed by atoms with E-state index in [4.69, 9.17) is 10.8 Å². The summed E-state index contributed by atoms with van der Waals surface area (Å²) in [4.78, 5) is 0. The van der Waals surface area contributed by atoms with Gasteiger partial charge in [-0.2, -0.15) is 0 Å². The summed E-state index contributed by atoms with van der Waals surface area (Å²) in [6.45, 7) is 1.72. The van der Waals surface area contributed by atoms with Crippen LogP contribution in [0.5, 0.6) is 0 Å². The molecule has 2 nitrogen and oxygen atoms in total. The number of aliphatic hydroxyl groups is 1. The van der Waals surface area contributed by atoms with Gasteiger partial charge in [-0.25, -0.2) is 0 Å². The predicted molar refractivity (Wildman–Crippen MR) is 49.8 cm³/mol. The molecule has 0 spiro atoms. The summed E-state index contributed by atoms with van der Waals surface area (Å²) in [6.07, 6.45) is 0.295. The van der Waals surface area contributed by atoms with Crippen molar-refractivity contribution in [3.63, 3.8) is 0 Å². The van der Waals surface area contributed by atoms with Crippen LogP contribution in [0.3, 0.4) is 0 Å². The van der Waals surface area contributed by atoms with Gasteiger partial charge in [0.05, 0.1) is 6.10 Å². The fraction of sp³-hybridized carbons (Fsp3) is 0.400. The van der Waals surface area contributed by atoms with E-state index in [0.29, 0.717) is 0 Å². The molecule has 0 fully saturated rings. The first kappa shape index (κ1) is 9.23. The predicted octanol–water partition coefficient (Wildman–Crippen LogP) is 0.937. The monoisotopic (exact) mass is 165 g/mol. The molecule has 1 aromatic rings. The van der Waals surface area contributed by atoms with Gasteiger partial charge in [0, 0.05) is 6.04 Å². The lowest BCUT2D eigenvalue weighted by atomic mass is 10.0. The van der Waals surface area contributed by atoms with E-state index < -0.39 is 6.10 Å². The molecule has 0 aliphatic rings. The van der Waals surface area contributed by atoms with Crippen LogP contribution in [-0.4, -0.2) is 17.3 Å². The van der Waals surface area contributed by atoms with Crippen LogP contribution in [0.4, 0.5) is 0 Å². The molecule has 0 aliphatic carbocycles. The van der Waals surface area contributed by atoms with E-state index in [0.717, 1.165) is 6.42 Å². The Morgan fingerprint density at radius 3 is 2.42 bits per heavy atom. The third kappa shape index (κ3) is 2.64. The third-order valence-corrected chi connectivity index (χ3v) is 1.93. The van der Waals surface area contributed by atoms with E-state index in [1.165, 1.54) is 5.56 Å². The van der Waals surface area contributed by atoms with E-state index >= 15 is 0 Å². The SMILES string of the molecule is CC(O)[C@H](N)Cc1ccccc1. The normalized spacial score (nSPS) is 15.6.